The van der Waals surface area contributed by atoms with E-state index < -0.39 is 0 Å². The number of para-hydroxylation sites is 2. The van der Waals surface area contributed by atoms with Crippen LogP contribution in [0.1, 0.15) is 12.7 Å². The van der Waals surface area contributed by atoms with Crippen LogP contribution in [0.5, 0.6) is 0 Å². The fourth-order valence-corrected chi connectivity index (χ4v) is 2.12. The van der Waals surface area contributed by atoms with Crippen LogP contribution in [0.2, 0.25) is 0 Å². The fraction of sp³-hybridized carbons (Fsp3) is 0.462. The van der Waals surface area contributed by atoms with Crippen molar-refractivity contribution < 1.29 is 4.74 Å². The molecule has 1 aromatic heterocycles. The number of aryl methyl sites for hydroxylation is 1. The van der Waals surface area contributed by atoms with Gasteiger partial charge >= 0.3 is 0 Å². The first-order chi connectivity index (χ1) is 8.36. The normalized spacial score (nSPS) is 11.2. The zero-order valence-electron chi connectivity index (χ0n) is 10.0. The topological polar surface area (TPSA) is 27.1 Å². The van der Waals surface area contributed by atoms with Crippen molar-refractivity contribution in [1.82, 2.24) is 9.55 Å². The largest absolute Gasteiger partial charge is 0.380 e. The molecule has 0 aliphatic carbocycles. The summed E-state index contributed by atoms with van der Waals surface area (Å²) in [5, 5.41) is 0. The highest BCUT2D eigenvalue weighted by molar-refractivity contribution is 6.17. The van der Waals surface area contributed by atoms with Crippen molar-refractivity contribution in [1.29, 1.82) is 0 Å². The van der Waals surface area contributed by atoms with Gasteiger partial charge in [-0.05, 0) is 19.1 Å². The summed E-state index contributed by atoms with van der Waals surface area (Å²) in [6, 6.07) is 8.16. The maximum atomic E-state index is 5.81. The number of aromatic nitrogens is 2. The van der Waals surface area contributed by atoms with Crippen molar-refractivity contribution in [3.8, 4) is 0 Å². The standard InChI is InChI=1S/C13H17ClN2O/c1-2-17-10-9-16-12-6-4-3-5-11(12)15-13(16)7-8-14/h3-6H,2,7-10H2,1H3. The van der Waals surface area contributed by atoms with Gasteiger partial charge in [0, 0.05) is 25.5 Å². The Balaban J connectivity index is 2.30. The predicted molar refractivity (Wildman–Crippen MR) is 70.7 cm³/mol. The summed E-state index contributed by atoms with van der Waals surface area (Å²) in [6.45, 7) is 4.30. The minimum absolute atomic E-state index is 0.595. The van der Waals surface area contributed by atoms with Gasteiger partial charge in [0.15, 0.2) is 0 Å². The van der Waals surface area contributed by atoms with Crippen molar-refractivity contribution in [2.75, 3.05) is 19.1 Å². The molecule has 3 nitrogen and oxygen atoms in total. The maximum absolute atomic E-state index is 5.81. The second kappa shape index (κ2) is 6.03. The summed E-state index contributed by atoms with van der Waals surface area (Å²) < 4.78 is 7.61. The van der Waals surface area contributed by atoms with Crippen molar-refractivity contribution in [2.45, 2.75) is 19.9 Å². The van der Waals surface area contributed by atoms with Crippen LogP contribution in [0.25, 0.3) is 11.0 Å². The molecule has 0 bridgehead atoms. The van der Waals surface area contributed by atoms with E-state index in [1.807, 2.05) is 25.1 Å². The zero-order valence-corrected chi connectivity index (χ0v) is 10.8. The number of nitrogens with zero attached hydrogens (tertiary/aromatic N) is 2. The minimum atomic E-state index is 0.595. The molecule has 0 N–H and O–H groups in total. The Morgan fingerprint density at radius 2 is 2.18 bits per heavy atom. The molecule has 0 atom stereocenters. The molecule has 1 heterocycles. The summed E-state index contributed by atoms with van der Waals surface area (Å²) >= 11 is 5.81. The van der Waals surface area contributed by atoms with E-state index in [-0.39, 0.29) is 0 Å². The molecule has 0 saturated carbocycles. The van der Waals surface area contributed by atoms with E-state index in [2.05, 4.69) is 15.6 Å². The lowest BCUT2D eigenvalue weighted by molar-refractivity contribution is 0.139. The number of hydrogen-bond acceptors (Lipinski definition) is 2. The second-order valence-electron chi connectivity index (χ2n) is 3.80. The van der Waals surface area contributed by atoms with Crippen LogP contribution in [0, 0.1) is 0 Å². The predicted octanol–water partition coefficient (Wildman–Crippen LogP) is 2.85. The first-order valence-corrected chi connectivity index (χ1v) is 6.48. The molecule has 0 aliphatic rings. The van der Waals surface area contributed by atoms with Gasteiger partial charge in [0.2, 0.25) is 0 Å². The molecule has 0 fully saturated rings. The highest BCUT2D eigenvalue weighted by Crippen LogP contribution is 2.16. The summed E-state index contributed by atoms with van der Waals surface area (Å²) in [5.74, 6) is 1.64. The number of alkyl halides is 1. The third-order valence-electron chi connectivity index (χ3n) is 2.72. The Kier molecular flexibility index (Phi) is 4.40. The van der Waals surface area contributed by atoms with Crippen molar-refractivity contribution in [3.63, 3.8) is 0 Å². The molecule has 0 unspecified atom stereocenters. The lowest BCUT2D eigenvalue weighted by Crippen LogP contribution is -2.09. The fourth-order valence-electron chi connectivity index (χ4n) is 1.95. The number of imidazole rings is 1. The van der Waals surface area contributed by atoms with Gasteiger partial charge < -0.3 is 9.30 Å². The van der Waals surface area contributed by atoms with Crippen LogP contribution in [0.15, 0.2) is 24.3 Å². The van der Waals surface area contributed by atoms with Crippen molar-refractivity contribution in [3.05, 3.63) is 30.1 Å². The molecule has 4 heteroatoms. The first-order valence-electron chi connectivity index (χ1n) is 5.94. The molecule has 2 rings (SSSR count). The highest BCUT2D eigenvalue weighted by atomic mass is 35.5. The number of hydrogen-bond donors (Lipinski definition) is 0. The SMILES string of the molecule is CCOCCn1c(CCCl)nc2ccccc21. The third-order valence-corrected chi connectivity index (χ3v) is 2.90. The summed E-state index contributed by atoms with van der Waals surface area (Å²) in [6.07, 6.45) is 0.794. The quantitative estimate of drug-likeness (QED) is 0.584. The lowest BCUT2D eigenvalue weighted by atomic mass is 10.3. The molecule has 92 valence electrons. The van der Waals surface area contributed by atoms with Crippen molar-refractivity contribution >= 4 is 22.6 Å². The smallest absolute Gasteiger partial charge is 0.111 e. The third kappa shape index (κ3) is 2.79. The average molecular weight is 253 g/mol. The Hall–Kier alpha value is -1.06. The van der Waals surface area contributed by atoms with Gasteiger partial charge in [0.25, 0.3) is 0 Å². The molecule has 17 heavy (non-hydrogen) atoms. The van der Waals surface area contributed by atoms with Crippen LogP contribution < -0.4 is 0 Å². The maximum Gasteiger partial charge on any atom is 0.111 e. The average Bonchev–Trinajstić information content (AvgIpc) is 2.69. The molecule has 0 spiro atoms. The van der Waals surface area contributed by atoms with E-state index in [0.29, 0.717) is 12.5 Å². The van der Waals surface area contributed by atoms with Crippen LogP contribution >= 0.6 is 11.6 Å². The van der Waals surface area contributed by atoms with Gasteiger partial charge in [-0.3, -0.25) is 0 Å². The zero-order chi connectivity index (χ0) is 12.1. The molecule has 0 amide bonds. The number of fused-ring (bicyclic) bond motifs is 1. The second-order valence-corrected chi connectivity index (χ2v) is 4.18. The van der Waals surface area contributed by atoms with Crippen LogP contribution in [0.3, 0.4) is 0 Å². The Labute approximate surface area is 106 Å². The van der Waals surface area contributed by atoms with E-state index in [1.54, 1.807) is 0 Å². The molecular formula is C13H17ClN2O. The van der Waals surface area contributed by atoms with Gasteiger partial charge in [-0.2, -0.15) is 0 Å². The van der Waals surface area contributed by atoms with E-state index in [9.17, 15) is 0 Å². The molecule has 0 aliphatic heterocycles. The van der Waals surface area contributed by atoms with Gasteiger partial charge in [-0.1, -0.05) is 12.1 Å². The van der Waals surface area contributed by atoms with E-state index in [0.717, 1.165) is 36.4 Å². The lowest BCUT2D eigenvalue weighted by Gasteiger charge is -2.08. The summed E-state index contributed by atoms with van der Waals surface area (Å²) in [5.41, 5.74) is 2.19. The molecule has 1 aromatic carbocycles. The first kappa shape index (κ1) is 12.4. The van der Waals surface area contributed by atoms with Crippen LogP contribution in [-0.2, 0) is 17.7 Å². The Bertz CT molecular complexity index is 481. The summed E-state index contributed by atoms with van der Waals surface area (Å²) in [4.78, 5) is 4.60. The highest BCUT2D eigenvalue weighted by Gasteiger charge is 2.09. The molecule has 0 radical (unpaired) electrons. The molecule has 0 saturated heterocycles. The molecular weight excluding hydrogens is 236 g/mol. The van der Waals surface area contributed by atoms with Crippen LogP contribution in [0.4, 0.5) is 0 Å². The number of benzene rings is 1. The van der Waals surface area contributed by atoms with Gasteiger partial charge in [-0.25, -0.2) is 4.98 Å². The Morgan fingerprint density at radius 1 is 1.35 bits per heavy atom. The molecule has 2 aromatic rings. The monoisotopic (exact) mass is 252 g/mol. The van der Waals surface area contributed by atoms with Gasteiger partial charge in [0.05, 0.1) is 17.6 Å². The van der Waals surface area contributed by atoms with Crippen LogP contribution in [-0.4, -0.2) is 28.6 Å². The number of ether oxygens (including phenoxy) is 1. The number of rotatable bonds is 6. The Morgan fingerprint density at radius 3 is 2.94 bits per heavy atom. The van der Waals surface area contributed by atoms with Gasteiger partial charge in [0.1, 0.15) is 5.82 Å². The van der Waals surface area contributed by atoms with E-state index in [4.69, 9.17) is 16.3 Å². The minimum Gasteiger partial charge on any atom is -0.380 e. The van der Waals surface area contributed by atoms with E-state index in [1.165, 1.54) is 0 Å². The van der Waals surface area contributed by atoms with Gasteiger partial charge in [-0.15, -0.1) is 11.6 Å². The van der Waals surface area contributed by atoms with Crippen molar-refractivity contribution in [2.24, 2.45) is 0 Å². The number of halogens is 1. The summed E-state index contributed by atoms with van der Waals surface area (Å²) in [7, 11) is 0. The van der Waals surface area contributed by atoms with E-state index >= 15 is 0 Å².